The molecule has 0 aromatic heterocycles. The van der Waals surface area contributed by atoms with Crippen LogP contribution < -0.4 is 4.74 Å². The van der Waals surface area contributed by atoms with Gasteiger partial charge in [0.1, 0.15) is 11.6 Å². The van der Waals surface area contributed by atoms with E-state index in [9.17, 15) is 4.39 Å². The topological polar surface area (TPSA) is 9.23 Å². The van der Waals surface area contributed by atoms with Crippen LogP contribution in [0, 0.1) is 19.7 Å². The van der Waals surface area contributed by atoms with E-state index in [0.717, 1.165) is 32.5 Å². The average Bonchev–Trinajstić information content (AvgIpc) is 2.37. The van der Waals surface area contributed by atoms with Crippen molar-refractivity contribution in [1.82, 2.24) is 0 Å². The van der Waals surface area contributed by atoms with Crippen molar-refractivity contribution in [3.8, 4) is 5.75 Å². The summed E-state index contributed by atoms with van der Waals surface area (Å²) in [5.74, 6) is 0.661. The maximum absolute atomic E-state index is 13.2. The van der Waals surface area contributed by atoms with E-state index >= 15 is 0 Å². The van der Waals surface area contributed by atoms with Crippen LogP contribution in [0.2, 0.25) is 0 Å². The van der Waals surface area contributed by atoms with Crippen LogP contribution in [-0.4, -0.2) is 7.11 Å². The highest BCUT2D eigenvalue weighted by Crippen LogP contribution is 2.38. The number of rotatable bonds is 3. The molecule has 0 radical (unpaired) electrons. The Morgan fingerprint density at radius 3 is 2.20 bits per heavy atom. The zero-order valence-electron chi connectivity index (χ0n) is 11.5. The van der Waals surface area contributed by atoms with Crippen LogP contribution in [0.25, 0.3) is 0 Å². The van der Waals surface area contributed by atoms with E-state index in [1.54, 1.807) is 13.2 Å². The van der Waals surface area contributed by atoms with Crippen molar-refractivity contribution >= 4 is 31.9 Å². The van der Waals surface area contributed by atoms with Crippen molar-refractivity contribution < 1.29 is 9.13 Å². The van der Waals surface area contributed by atoms with Crippen LogP contribution in [0.4, 0.5) is 4.39 Å². The summed E-state index contributed by atoms with van der Waals surface area (Å²) in [6.07, 6.45) is 0. The lowest BCUT2D eigenvalue weighted by Gasteiger charge is -2.16. The Morgan fingerprint density at radius 2 is 1.70 bits per heavy atom. The summed E-state index contributed by atoms with van der Waals surface area (Å²) in [5, 5.41) is 0. The van der Waals surface area contributed by atoms with Crippen LogP contribution in [0.1, 0.15) is 27.1 Å². The maximum Gasteiger partial charge on any atom is 0.124 e. The summed E-state index contributed by atoms with van der Waals surface area (Å²) in [4.78, 5) is 0.000723. The molecule has 2 aromatic rings. The number of ether oxygens (including phenoxy) is 1. The van der Waals surface area contributed by atoms with Gasteiger partial charge in [-0.1, -0.05) is 50.1 Å². The highest BCUT2D eigenvalue weighted by molar-refractivity contribution is 9.11. The molecule has 0 bridgehead atoms. The first-order chi connectivity index (χ1) is 9.43. The molecule has 0 spiro atoms. The molecule has 106 valence electrons. The molecule has 4 heteroatoms. The van der Waals surface area contributed by atoms with Crippen molar-refractivity contribution in [1.29, 1.82) is 0 Å². The number of methoxy groups -OCH3 is 1. The minimum Gasteiger partial charge on any atom is -0.496 e. The van der Waals surface area contributed by atoms with Crippen LogP contribution in [0.15, 0.2) is 34.8 Å². The molecule has 0 aliphatic rings. The number of hydrogen-bond acceptors (Lipinski definition) is 1. The Kier molecular flexibility index (Phi) is 4.86. The SMILES string of the molecule is COc1c(C)cc(C(Br)c2ccc(F)cc2Br)cc1C. The molecule has 0 saturated heterocycles. The van der Waals surface area contributed by atoms with Crippen molar-refractivity contribution in [2.45, 2.75) is 18.7 Å². The Balaban J connectivity index is 2.45. The lowest BCUT2D eigenvalue weighted by molar-refractivity contribution is 0.408. The third kappa shape index (κ3) is 3.07. The van der Waals surface area contributed by atoms with E-state index in [2.05, 4.69) is 44.0 Å². The Hall–Kier alpha value is -0.870. The summed E-state index contributed by atoms with van der Waals surface area (Å²) in [7, 11) is 1.68. The van der Waals surface area contributed by atoms with Gasteiger partial charge in [0.25, 0.3) is 0 Å². The van der Waals surface area contributed by atoms with E-state index in [0.29, 0.717) is 0 Å². The Bertz CT molecular complexity index is 617. The molecule has 0 heterocycles. The largest absolute Gasteiger partial charge is 0.496 e. The van der Waals surface area contributed by atoms with Gasteiger partial charge in [-0.3, -0.25) is 0 Å². The summed E-state index contributed by atoms with van der Waals surface area (Å²) >= 11 is 7.11. The second-order valence-electron chi connectivity index (χ2n) is 4.72. The van der Waals surface area contributed by atoms with Gasteiger partial charge in [0.2, 0.25) is 0 Å². The van der Waals surface area contributed by atoms with Gasteiger partial charge in [0, 0.05) is 4.47 Å². The lowest BCUT2D eigenvalue weighted by atomic mass is 9.99. The van der Waals surface area contributed by atoms with Crippen LogP contribution in [0.5, 0.6) is 5.75 Å². The third-order valence-corrected chi connectivity index (χ3v) is 4.92. The van der Waals surface area contributed by atoms with Gasteiger partial charge < -0.3 is 4.74 Å². The fourth-order valence-corrected chi connectivity index (χ4v) is 3.89. The van der Waals surface area contributed by atoms with Crippen LogP contribution >= 0.6 is 31.9 Å². The molecular formula is C16H15Br2FO. The van der Waals surface area contributed by atoms with Crippen molar-refractivity contribution in [3.63, 3.8) is 0 Å². The second kappa shape index (κ2) is 6.27. The Morgan fingerprint density at radius 1 is 1.10 bits per heavy atom. The van der Waals surface area contributed by atoms with E-state index < -0.39 is 0 Å². The molecule has 0 aliphatic carbocycles. The molecule has 0 amide bonds. The van der Waals surface area contributed by atoms with Gasteiger partial charge in [0.05, 0.1) is 11.9 Å². The number of aryl methyl sites for hydroxylation is 2. The van der Waals surface area contributed by atoms with Gasteiger partial charge in [-0.05, 0) is 48.2 Å². The molecule has 1 nitrogen and oxygen atoms in total. The van der Waals surface area contributed by atoms with Gasteiger partial charge in [0.15, 0.2) is 0 Å². The van der Waals surface area contributed by atoms with E-state index in [1.807, 2.05) is 13.8 Å². The monoisotopic (exact) mass is 400 g/mol. The third-order valence-electron chi connectivity index (χ3n) is 3.21. The molecule has 20 heavy (non-hydrogen) atoms. The molecule has 2 aromatic carbocycles. The second-order valence-corrected chi connectivity index (χ2v) is 6.49. The molecule has 1 unspecified atom stereocenters. The normalized spacial score (nSPS) is 12.3. The van der Waals surface area contributed by atoms with Gasteiger partial charge in [-0.2, -0.15) is 0 Å². The maximum atomic E-state index is 13.2. The molecule has 0 N–H and O–H groups in total. The minimum atomic E-state index is -0.248. The molecule has 0 fully saturated rings. The van der Waals surface area contributed by atoms with Crippen molar-refractivity contribution in [3.05, 3.63) is 62.9 Å². The Labute approximate surface area is 135 Å². The fraction of sp³-hybridized carbons (Fsp3) is 0.250. The number of benzene rings is 2. The summed E-state index contributed by atoms with van der Waals surface area (Å²) < 4.78 is 19.3. The quantitative estimate of drug-likeness (QED) is 0.599. The van der Waals surface area contributed by atoms with Gasteiger partial charge in [-0.25, -0.2) is 4.39 Å². The predicted molar refractivity (Wildman–Crippen MR) is 87.3 cm³/mol. The summed E-state index contributed by atoms with van der Waals surface area (Å²) in [6.45, 7) is 4.05. The van der Waals surface area contributed by atoms with Crippen molar-refractivity contribution in [2.75, 3.05) is 7.11 Å². The molecule has 0 aliphatic heterocycles. The van der Waals surface area contributed by atoms with Gasteiger partial charge >= 0.3 is 0 Å². The summed E-state index contributed by atoms with van der Waals surface area (Å²) in [6, 6.07) is 8.90. The van der Waals surface area contributed by atoms with E-state index in [4.69, 9.17) is 4.74 Å². The van der Waals surface area contributed by atoms with Crippen molar-refractivity contribution in [2.24, 2.45) is 0 Å². The minimum absolute atomic E-state index is 0.000723. The smallest absolute Gasteiger partial charge is 0.124 e. The first-order valence-corrected chi connectivity index (χ1v) is 7.89. The highest BCUT2D eigenvalue weighted by atomic mass is 79.9. The van der Waals surface area contributed by atoms with Gasteiger partial charge in [-0.15, -0.1) is 0 Å². The van der Waals surface area contributed by atoms with Crippen LogP contribution in [-0.2, 0) is 0 Å². The average molecular weight is 402 g/mol. The van der Waals surface area contributed by atoms with E-state index in [-0.39, 0.29) is 10.6 Å². The summed E-state index contributed by atoms with van der Waals surface area (Å²) in [5.41, 5.74) is 4.29. The van der Waals surface area contributed by atoms with Crippen LogP contribution in [0.3, 0.4) is 0 Å². The number of alkyl halides is 1. The molecule has 1 atom stereocenters. The van der Waals surface area contributed by atoms with E-state index in [1.165, 1.54) is 12.1 Å². The standard InChI is InChI=1S/C16H15Br2FO/c1-9-6-11(7-10(2)16(9)20-3)15(18)13-5-4-12(19)8-14(13)17/h4-8,15H,1-3H3. The lowest BCUT2D eigenvalue weighted by Crippen LogP contribution is -1.99. The molecular weight excluding hydrogens is 387 g/mol. The first kappa shape index (κ1) is 15.5. The molecule has 0 saturated carbocycles. The molecule has 2 rings (SSSR count). The zero-order valence-corrected chi connectivity index (χ0v) is 14.7. The number of hydrogen-bond donors (Lipinski definition) is 0. The predicted octanol–water partition coefficient (Wildman–Crippen LogP) is 5.70. The first-order valence-electron chi connectivity index (χ1n) is 6.18. The zero-order chi connectivity index (χ0) is 14.9. The number of halogens is 3. The highest BCUT2D eigenvalue weighted by Gasteiger charge is 2.16. The fourth-order valence-electron chi connectivity index (χ4n) is 2.34.